The molecular weight excluding hydrogens is 260 g/mol. The Morgan fingerprint density at radius 3 is 2.29 bits per heavy atom. The SMILES string of the molecule is CCCCCCCCCC(CN)N(C)CC1CCOCC1. The first-order valence-electron chi connectivity index (χ1n) is 9.26. The van der Waals surface area contributed by atoms with E-state index >= 15 is 0 Å². The van der Waals surface area contributed by atoms with Crippen molar-refractivity contribution in [2.24, 2.45) is 11.7 Å². The number of hydrogen-bond acceptors (Lipinski definition) is 3. The molecule has 0 radical (unpaired) electrons. The zero-order chi connectivity index (χ0) is 15.3. The molecule has 21 heavy (non-hydrogen) atoms. The summed E-state index contributed by atoms with van der Waals surface area (Å²) in [5.74, 6) is 0.812. The highest BCUT2D eigenvalue weighted by Crippen LogP contribution is 2.18. The number of unbranched alkanes of at least 4 members (excludes halogenated alkanes) is 6. The van der Waals surface area contributed by atoms with E-state index in [9.17, 15) is 0 Å². The lowest BCUT2D eigenvalue weighted by Crippen LogP contribution is -2.41. The van der Waals surface area contributed by atoms with E-state index < -0.39 is 0 Å². The van der Waals surface area contributed by atoms with Crippen molar-refractivity contribution in [3.8, 4) is 0 Å². The predicted octanol–water partition coefficient (Wildman–Crippen LogP) is 3.81. The molecule has 3 nitrogen and oxygen atoms in total. The van der Waals surface area contributed by atoms with Gasteiger partial charge in [-0.1, -0.05) is 51.9 Å². The molecule has 1 aliphatic rings. The number of rotatable bonds is 12. The van der Waals surface area contributed by atoms with Crippen LogP contribution in [-0.4, -0.2) is 44.3 Å². The van der Waals surface area contributed by atoms with Crippen LogP contribution in [0.15, 0.2) is 0 Å². The van der Waals surface area contributed by atoms with Gasteiger partial charge < -0.3 is 15.4 Å². The average molecular weight is 299 g/mol. The molecule has 126 valence electrons. The van der Waals surface area contributed by atoms with Crippen LogP contribution in [0.5, 0.6) is 0 Å². The molecule has 1 saturated heterocycles. The minimum absolute atomic E-state index is 0.573. The van der Waals surface area contributed by atoms with E-state index in [-0.39, 0.29) is 0 Å². The monoisotopic (exact) mass is 298 g/mol. The Hall–Kier alpha value is -0.120. The number of likely N-dealkylation sites (N-methyl/N-ethyl adjacent to an activating group) is 1. The number of nitrogens with zero attached hydrogens (tertiary/aromatic N) is 1. The van der Waals surface area contributed by atoms with Crippen molar-refractivity contribution in [2.75, 3.05) is 33.4 Å². The summed E-state index contributed by atoms with van der Waals surface area (Å²) in [6.07, 6.45) is 13.4. The summed E-state index contributed by atoms with van der Waals surface area (Å²) >= 11 is 0. The zero-order valence-corrected chi connectivity index (χ0v) is 14.5. The summed E-state index contributed by atoms with van der Waals surface area (Å²) in [5, 5.41) is 0. The summed E-state index contributed by atoms with van der Waals surface area (Å²) < 4.78 is 5.44. The van der Waals surface area contributed by atoms with E-state index in [0.29, 0.717) is 6.04 Å². The number of hydrogen-bond donors (Lipinski definition) is 1. The van der Waals surface area contributed by atoms with Crippen molar-refractivity contribution in [3.05, 3.63) is 0 Å². The Morgan fingerprint density at radius 2 is 1.67 bits per heavy atom. The smallest absolute Gasteiger partial charge is 0.0469 e. The van der Waals surface area contributed by atoms with Crippen LogP contribution in [0.3, 0.4) is 0 Å². The second kappa shape index (κ2) is 12.4. The molecule has 0 aliphatic carbocycles. The molecule has 0 bridgehead atoms. The standard InChI is InChI=1S/C18H38N2O/c1-3-4-5-6-7-8-9-10-18(15-19)20(2)16-17-11-13-21-14-12-17/h17-18H,3-16,19H2,1-2H3. The Kier molecular flexibility index (Phi) is 11.2. The minimum Gasteiger partial charge on any atom is -0.381 e. The average Bonchev–Trinajstić information content (AvgIpc) is 2.51. The second-order valence-electron chi connectivity index (χ2n) is 6.79. The van der Waals surface area contributed by atoms with Crippen molar-refractivity contribution >= 4 is 0 Å². The van der Waals surface area contributed by atoms with Gasteiger partial charge in [-0.05, 0) is 32.2 Å². The maximum absolute atomic E-state index is 5.99. The maximum Gasteiger partial charge on any atom is 0.0469 e. The van der Waals surface area contributed by atoms with Gasteiger partial charge in [-0.15, -0.1) is 0 Å². The molecule has 1 rings (SSSR count). The van der Waals surface area contributed by atoms with Crippen LogP contribution in [-0.2, 0) is 4.74 Å². The summed E-state index contributed by atoms with van der Waals surface area (Å²) in [5.41, 5.74) is 5.99. The van der Waals surface area contributed by atoms with E-state index in [2.05, 4.69) is 18.9 Å². The third-order valence-corrected chi connectivity index (χ3v) is 4.92. The first-order chi connectivity index (χ1) is 10.3. The van der Waals surface area contributed by atoms with Gasteiger partial charge in [-0.3, -0.25) is 0 Å². The van der Waals surface area contributed by atoms with E-state index in [0.717, 1.165) is 25.7 Å². The highest BCUT2D eigenvalue weighted by Gasteiger charge is 2.19. The molecule has 0 amide bonds. The second-order valence-corrected chi connectivity index (χ2v) is 6.79. The molecule has 2 N–H and O–H groups in total. The highest BCUT2D eigenvalue weighted by molar-refractivity contribution is 4.74. The van der Waals surface area contributed by atoms with Gasteiger partial charge in [-0.2, -0.15) is 0 Å². The summed E-state index contributed by atoms with van der Waals surface area (Å²) in [4.78, 5) is 2.51. The van der Waals surface area contributed by atoms with Crippen LogP contribution in [0.25, 0.3) is 0 Å². The summed E-state index contributed by atoms with van der Waals surface area (Å²) in [6.45, 7) is 6.17. The van der Waals surface area contributed by atoms with Crippen molar-refractivity contribution in [1.82, 2.24) is 4.90 Å². The van der Waals surface area contributed by atoms with Gasteiger partial charge in [0.2, 0.25) is 0 Å². The normalized spacial score (nSPS) is 18.3. The van der Waals surface area contributed by atoms with Crippen LogP contribution in [0.4, 0.5) is 0 Å². The Bertz CT molecular complexity index is 229. The van der Waals surface area contributed by atoms with E-state index in [4.69, 9.17) is 10.5 Å². The van der Waals surface area contributed by atoms with Gasteiger partial charge >= 0.3 is 0 Å². The maximum atomic E-state index is 5.99. The van der Waals surface area contributed by atoms with Crippen molar-refractivity contribution < 1.29 is 4.74 Å². The topological polar surface area (TPSA) is 38.5 Å². The molecule has 0 spiro atoms. The van der Waals surface area contributed by atoms with Crippen LogP contribution in [0.2, 0.25) is 0 Å². The minimum atomic E-state index is 0.573. The Labute approximate surface area is 132 Å². The van der Waals surface area contributed by atoms with E-state index in [1.807, 2.05) is 0 Å². The van der Waals surface area contributed by atoms with Crippen LogP contribution >= 0.6 is 0 Å². The van der Waals surface area contributed by atoms with Gasteiger partial charge in [0, 0.05) is 32.3 Å². The third kappa shape index (κ3) is 8.80. The van der Waals surface area contributed by atoms with Crippen molar-refractivity contribution in [2.45, 2.75) is 77.2 Å². The summed E-state index contributed by atoms with van der Waals surface area (Å²) in [7, 11) is 2.26. The van der Waals surface area contributed by atoms with Gasteiger partial charge in [0.05, 0.1) is 0 Å². The molecule has 0 aromatic heterocycles. The molecular formula is C18H38N2O. The van der Waals surface area contributed by atoms with Crippen molar-refractivity contribution in [1.29, 1.82) is 0 Å². The lowest BCUT2D eigenvalue weighted by Gasteiger charge is -2.32. The molecule has 3 heteroatoms. The molecule has 1 atom stereocenters. The molecule has 0 aromatic rings. The van der Waals surface area contributed by atoms with Gasteiger partial charge in [0.25, 0.3) is 0 Å². The highest BCUT2D eigenvalue weighted by atomic mass is 16.5. The first kappa shape index (κ1) is 18.9. The fourth-order valence-corrected chi connectivity index (χ4v) is 3.34. The quantitative estimate of drug-likeness (QED) is 0.557. The van der Waals surface area contributed by atoms with E-state index in [1.54, 1.807) is 0 Å². The first-order valence-corrected chi connectivity index (χ1v) is 9.26. The third-order valence-electron chi connectivity index (χ3n) is 4.92. The molecule has 1 aliphatic heterocycles. The Balaban J connectivity index is 2.08. The molecule has 0 aromatic carbocycles. The molecule has 0 saturated carbocycles. The lowest BCUT2D eigenvalue weighted by atomic mass is 9.98. The lowest BCUT2D eigenvalue weighted by molar-refractivity contribution is 0.0500. The van der Waals surface area contributed by atoms with Crippen LogP contribution in [0, 0.1) is 5.92 Å². The number of nitrogens with two attached hydrogens (primary N) is 1. The number of ether oxygens (including phenoxy) is 1. The molecule has 1 unspecified atom stereocenters. The largest absolute Gasteiger partial charge is 0.381 e. The van der Waals surface area contributed by atoms with Crippen LogP contribution in [0.1, 0.15) is 71.1 Å². The molecule has 1 heterocycles. The summed E-state index contributed by atoms with van der Waals surface area (Å²) in [6, 6.07) is 0.573. The van der Waals surface area contributed by atoms with E-state index in [1.165, 1.54) is 70.8 Å². The zero-order valence-electron chi connectivity index (χ0n) is 14.5. The molecule has 1 fully saturated rings. The fourth-order valence-electron chi connectivity index (χ4n) is 3.34. The predicted molar refractivity (Wildman–Crippen MR) is 91.6 cm³/mol. The Morgan fingerprint density at radius 1 is 1.05 bits per heavy atom. The van der Waals surface area contributed by atoms with Gasteiger partial charge in [-0.25, -0.2) is 0 Å². The van der Waals surface area contributed by atoms with Gasteiger partial charge in [0.1, 0.15) is 0 Å². The van der Waals surface area contributed by atoms with Crippen LogP contribution < -0.4 is 5.73 Å². The van der Waals surface area contributed by atoms with Crippen molar-refractivity contribution in [3.63, 3.8) is 0 Å². The van der Waals surface area contributed by atoms with Gasteiger partial charge in [0.15, 0.2) is 0 Å². The fraction of sp³-hybridized carbons (Fsp3) is 1.00.